The Kier molecular flexibility index (Phi) is 11.0. The van der Waals surface area contributed by atoms with Crippen molar-refractivity contribution in [3.8, 4) is 0 Å². The minimum absolute atomic E-state index is 3.93. The third kappa shape index (κ3) is 5.40. The topological polar surface area (TPSA) is 20.2 Å². The van der Waals surface area contributed by atoms with Crippen LogP contribution in [0, 0.1) is 0 Å². The highest BCUT2D eigenvalue weighted by molar-refractivity contribution is 5.23. The van der Waals surface area contributed by atoms with Crippen LogP contribution in [0.4, 0.5) is 145 Å². The molecule has 0 heterocycles. The molecule has 0 aromatic carbocycles. The summed E-state index contributed by atoms with van der Waals surface area (Å²) in [7, 11) is 0. The highest BCUT2D eigenvalue weighted by Gasteiger charge is 3.02. The van der Waals surface area contributed by atoms with E-state index in [0.717, 1.165) is 0 Å². The summed E-state index contributed by atoms with van der Waals surface area (Å²) in [5, 5.41) is 7.81. The van der Waals surface area contributed by atoms with E-state index in [-0.39, 0.29) is 0 Å². The van der Waals surface area contributed by atoms with Gasteiger partial charge in [-0.3, -0.25) is 0 Å². The molecule has 1 N–H and O–H groups in total. The molecular weight excluding hydrogens is 847 g/mol. The van der Waals surface area contributed by atoms with E-state index in [9.17, 15) is 145 Å². The maximum absolute atomic E-state index is 13.8. The van der Waals surface area contributed by atoms with E-state index < -0.39 is 102 Å². The summed E-state index contributed by atoms with van der Waals surface area (Å²) in [6, 6.07) is 0. The molecule has 51 heavy (non-hydrogen) atoms. The van der Waals surface area contributed by atoms with E-state index in [2.05, 4.69) is 0 Å². The van der Waals surface area contributed by atoms with Gasteiger partial charge in [-0.05, 0) is 0 Å². The number of aliphatic hydroxyl groups excluding tert-OH is 1. The van der Waals surface area contributed by atoms with Crippen molar-refractivity contribution in [1.82, 2.24) is 0 Å². The zero-order valence-electron chi connectivity index (χ0n) is 21.6. The van der Waals surface area contributed by atoms with Crippen LogP contribution in [-0.2, 0) is 0 Å². The Labute approximate surface area is 253 Å². The van der Waals surface area contributed by atoms with E-state index >= 15 is 0 Å². The first kappa shape index (κ1) is 48.6. The Hall–Kier alpha value is -2.35. The second-order valence-corrected chi connectivity index (χ2v) is 9.41. The average molecular weight is 850 g/mol. The molecule has 0 rings (SSSR count). The summed E-state index contributed by atoms with van der Waals surface area (Å²) >= 11 is 0. The first-order valence-corrected chi connectivity index (χ1v) is 10.7. The van der Waals surface area contributed by atoms with Gasteiger partial charge < -0.3 is 5.11 Å². The normalized spacial score (nSPS) is 17.3. The van der Waals surface area contributed by atoms with Crippen molar-refractivity contribution in [3.63, 3.8) is 0 Å². The molecule has 0 atom stereocenters. The number of hydrogen-bond donors (Lipinski definition) is 1. The average Bonchev–Trinajstić information content (AvgIpc) is 2.89. The first-order chi connectivity index (χ1) is 21.3. The maximum Gasteiger partial charge on any atom is 0.438 e. The van der Waals surface area contributed by atoms with Gasteiger partial charge in [0.1, 0.15) is 6.61 Å². The minimum Gasteiger partial charge on any atom is -0.390 e. The highest BCUT2D eigenvalue weighted by Crippen LogP contribution is 2.70. The molecule has 0 unspecified atom stereocenters. The molecule has 0 amide bonds. The quantitative estimate of drug-likeness (QED) is 0.173. The van der Waals surface area contributed by atoms with Crippen LogP contribution in [0.1, 0.15) is 0 Å². The van der Waals surface area contributed by atoms with Gasteiger partial charge in [0.2, 0.25) is 0 Å². The number of aliphatic hydroxyl groups is 1. The SMILES string of the molecule is OCC(F)(F)C(F)(F)C(F)(F)C(F)(F)C(F)(F)C(F)(F)C(F)(F)C(F)(F)C(F)(F)C(F)(F)C(F)(F)C(F)(F)C(F)(F)C(F)(C(F)(F)F)C(F)(F)F. The van der Waals surface area contributed by atoms with Gasteiger partial charge in [-0.2, -0.15) is 140 Å². The molecule has 308 valence electrons. The predicted molar refractivity (Wildman–Crippen MR) is 87.3 cm³/mol. The van der Waals surface area contributed by atoms with Gasteiger partial charge in [0, 0.05) is 0 Å². The van der Waals surface area contributed by atoms with E-state index in [0.29, 0.717) is 0 Å². The van der Waals surface area contributed by atoms with Gasteiger partial charge in [0.15, 0.2) is 0 Å². The molecule has 34 heteroatoms. The van der Waals surface area contributed by atoms with Crippen LogP contribution in [0.15, 0.2) is 0 Å². The van der Waals surface area contributed by atoms with Gasteiger partial charge in [0.05, 0.1) is 0 Å². The highest BCUT2D eigenvalue weighted by atomic mass is 19.4. The van der Waals surface area contributed by atoms with E-state index in [1.807, 2.05) is 0 Å². The Morgan fingerprint density at radius 2 is 0.353 bits per heavy atom. The fraction of sp³-hybridized carbons (Fsp3) is 1.00. The molecule has 0 aliphatic carbocycles. The molecule has 0 bridgehead atoms. The molecule has 0 radical (unpaired) electrons. The van der Waals surface area contributed by atoms with Gasteiger partial charge >= 0.3 is 95.0 Å². The lowest BCUT2D eigenvalue weighted by Gasteiger charge is -2.47. The lowest BCUT2D eigenvalue weighted by Crippen LogP contribution is -2.80. The molecule has 0 saturated carbocycles. The van der Waals surface area contributed by atoms with E-state index in [1.165, 1.54) is 0 Å². The summed E-state index contributed by atoms with van der Waals surface area (Å²) in [5.41, 5.74) is -9.42. The molecule has 0 aromatic rings. The molecule has 0 aliphatic heterocycles. The first-order valence-electron chi connectivity index (χ1n) is 10.7. The van der Waals surface area contributed by atoms with Gasteiger partial charge in [-0.1, -0.05) is 0 Å². The summed E-state index contributed by atoms with van der Waals surface area (Å²) < 4.78 is 440. The third-order valence-corrected chi connectivity index (χ3v) is 6.21. The lowest BCUT2D eigenvalue weighted by molar-refractivity contribution is -0.492. The van der Waals surface area contributed by atoms with Crippen LogP contribution in [0.3, 0.4) is 0 Å². The van der Waals surface area contributed by atoms with Crippen molar-refractivity contribution in [2.75, 3.05) is 6.61 Å². The molecule has 1 nitrogen and oxygen atoms in total. The zero-order chi connectivity index (χ0) is 42.7. The van der Waals surface area contributed by atoms with Crippen molar-refractivity contribution in [2.45, 2.75) is 95.0 Å². The van der Waals surface area contributed by atoms with Crippen molar-refractivity contribution in [2.24, 2.45) is 0 Å². The molecule has 0 spiro atoms. The largest absolute Gasteiger partial charge is 0.438 e. The monoisotopic (exact) mass is 850 g/mol. The van der Waals surface area contributed by atoms with Crippen molar-refractivity contribution in [1.29, 1.82) is 0 Å². The second-order valence-electron chi connectivity index (χ2n) is 9.41. The summed E-state index contributed by atoms with van der Waals surface area (Å²) in [5.74, 6) is -125. The van der Waals surface area contributed by atoms with Crippen molar-refractivity contribution in [3.05, 3.63) is 0 Å². The molecule has 0 aliphatic rings. The van der Waals surface area contributed by atoms with Crippen LogP contribution in [0.2, 0.25) is 0 Å². The Morgan fingerprint density at radius 1 is 0.216 bits per heavy atom. The van der Waals surface area contributed by atoms with Gasteiger partial charge in [-0.25, -0.2) is 4.39 Å². The van der Waals surface area contributed by atoms with Crippen molar-refractivity contribution >= 4 is 0 Å². The fourth-order valence-corrected chi connectivity index (χ4v) is 3.03. The number of rotatable bonds is 14. The van der Waals surface area contributed by atoms with Gasteiger partial charge in [-0.15, -0.1) is 0 Å². The van der Waals surface area contributed by atoms with Crippen LogP contribution >= 0.6 is 0 Å². The Bertz CT molecular complexity index is 1250. The Morgan fingerprint density at radius 3 is 0.490 bits per heavy atom. The standard InChI is InChI=1S/C17H3F33O/c18-2(19,1-51)4(21,22)6(25,26)8(29,30)10(33,34)12(37,38)14(41,42)15(43,44)13(39,40)11(35,36)9(31,32)7(27,28)5(23,24)3(20,16(45,46)47)17(48,49)50/h51H,1H2. The van der Waals surface area contributed by atoms with Crippen LogP contribution in [-0.4, -0.2) is 107 Å². The lowest BCUT2D eigenvalue weighted by atomic mass is 9.81. The van der Waals surface area contributed by atoms with Crippen LogP contribution in [0.25, 0.3) is 0 Å². The predicted octanol–water partition coefficient (Wildman–Crippen LogP) is 10.1. The smallest absolute Gasteiger partial charge is 0.390 e. The molecule has 0 saturated heterocycles. The molecular formula is C17H3F33O. The summed E-state index contributed by atoms with van der Waals surface area (Å²) in [6.45, 7) is -3.93. The fourth-order valence-electron chi connectivity index (χ4n) is 3.03. The molecule has 0 fully saturated rings. The van der Waals surface area contributed by atoms with E-state index in [4.69, 9.17) is 5.11 Å². The Balaban J connectivity index is 7.81. The zero-order valence-corrected chi connectivity index (χ0v) is 21.6. The van der Waals surface area contributed by atoms with Crippen LogP contribution < -0.4 is 0 Å². The third-order valence-electron chi connectivity index (χ3n) is 6.21. The summed E-state index contributed by atoms with van der Waals surface area (Å²) in [4.78, 5) is 0. The van der Waals surface area contributed by atoms with Gasteiger partial charge in [0.25, 0.3) is 0 Å². The summed E-state index contributed by atoms with van der Waals surface area (Å²) in [6.07, 6.45) is -17.7. The maximum atomic E-state index is 13.8. The van der Waals surface area contributed by atoms with Crippen molar-refractivity contribution < 1.29 is 150 Å². The van der Waals surface area contributed by atoms with E-state index in [1.54, 1.807) is 0 Å². The van der Waals surface area contributed by atoms with Crippen LogP contribution in [0.5, 0.6) is 0 Å². The molecule has 0 aromatic heterocycles. The minimum atomic E-state index is -10.2. The number of alkyl halides is 33. The number of hydrogen-bond acceptors (Lipinski definition) is 1. The number of halogens is 33. The second kappa shape index (κ2) is 11.6.